The molecule has 1 aliphatic rings. The van der Waals surface area contributed by atoms with Crippen LogP contribution >= 0.6 is 0 Å². The summed E-state index contributed by atoms with van der Waals surface area (Å²) in [7, 11) is 0. The minimum atomic E-state index is -0.277. The molecule has 4 heteroatoms. The maximum absolute atomic E-state index is 10.1. The van der Waals surface area contributed by atoms with E-state index >= 15 is 0 Å². The molecule has 1 atom stereocenters. The lowest BCUT2D eigenvalue weighted by Gasteiger charge is -2.53. The van der Waals surface area contributed by atoms with Crippen molar-refractivity contribution < 1.29 is 14.7 Å². The van der Waals surface area contributed by atoms with Crippen molar-refractivity contribution in [3.63, 3.8) is 0 Å². The zero-order valence-electron chi connectivity index (χ0n) is 15.3. The monoisotopic (exact) mass is 321 g/mol. The van der Waals surface area contributed by atoms with Crippen LogP contribution in [0.25, 0.3) is 0 Å². The fraction of sp³-hybridized carbons (Fsp3) is 0.684. The number of benzene rings is 1. The molecule has 1 fully saturated rings. The fourth-order valence-electron chi connectivity index (χ4n) is 3.72. The van der Waals surface area contributed by atoms with Gasteiger partial charge in [0, 0.05) is 11.1 Å². The van der Waals surface area contributed by atoms with Gasteiger partial charge in [-0.05, 0) is 72.1 Å². The molecule has 0 aliphatic carbocycles. The number of ether oxygens (including phenoxy) is 1. The van der Waals surface area contributed by atoms with E-state index in [-0.39, 0.29) is 23.3 Å². The first kappa shape index (κ1) is 18.2. The first-order valence-electron chi connectivity index (χ1n) is 8.53. The second-order valence-electron chi connectivity index (χ2n) is 7.73. The summed E-state index contributed by atoms with van der Waals surface area (Å²) in [6.45, 7) is 13.2. The van der Waals surface area contributed by atoms with Crippen molar-refractivity contribution in [3.05, 3.63) is 29.8 Å². The van der Waals surface area contributed by atoms with Gasteiger partial charge in [-0.3, -0.25) is 4.84 Å². The number of hydrogen-bond acceptors (Lipinski definition) is 4. The second-order valence-corrected chi connectivity index (χ2v) is 7.73. The van der Waals surface area contributed by atoms with Gasteiger partial charge in [-0.2, -0.15) is 5.06 Å². The van der Waals surface area contributed by atoms with Gasteiger partial charge in [0.2, 0.25) is 0 Å². The molecule has 2 rings (SSSR count). The lowest BCUT2D eigenvalue weighted by molar-refractivity contribution is -0.313. The van der Waals surface area contributed by atoms with Gasteiger partial charge in [0.25, 0.3) is 0 Å². The van der Waals surface area contributed by atoms with E-state index in [4.69, 9.17) is 9.57 Å². The molecule has 23 heavy (non-hydrogen) atoms. The van der Waals surface area contributed by atoms with E-state index < -0.39 is 0 Å². The maximum atomic E-state index is 10.1. The fourth-order valence-corrected chi connectivity index (χ4v) is 3.72. The standard InChI is InChI=1S/C19H31NO3/c1-7-22-17-10-8-15(9-11-17)14(2)23-20-18(3,4)12-16(21)13-19(20,5)6/h8-11,14,16,21H,7,12-13H2,1-6H3. The van der Waals surface area contributed by atoms with Crippen LogP contribution < -0.4 is 4.74 Å². The Bertz CT molecular complexity index is 492. The predicted octanol–water partition coefficient (Wildman–Crippen LogP) is 4.09. The smallest absolute Gasteiger partial charge is 0.119 e. The van der Waals surface area contributed by atoms with Gasteiger partial charge in [-0.1, -0.05) is 12.1 Å². The third-order valence-electron chi connectivity index (χ3n) is 4.49. The minimum Gasteiger partial charge on any atom is -0.494 e. The molecule has 130 valence electrons. The van der Waals surface area contributed by atoms with Crippen LogP contribution in [0.3, 0.4) is 0 Å². The van der Waals surface area contributed by atoms with Crippen LogP contribution in [0.1, 0.15) is 66.1 Å². The Morgan fingerprint density at radius 2 is 1.65 bits per heavy atom. The zero-order valence-corrected chi connectivity index (χ0v) is 15.3. The number of piperidine rings is 1. The van der Waals surface area contributed by atoms with Crippen LogP contribution in [0.5, 0.6) is 5.75 Å². The summed E-state index contributed by atoms with van der Waals surface area (Å²) >= 11 is 0. The molecular formula is C19H31NO3. The Morgan fingerprint density at radius 3 is 2.13 bits per heavy atom. The summed E-state index contributed by atoms with van der Waals surface area (Å²) in [5.74, 6) is 0.880. The molecule has 1 aromatic carbocycles. The lowest BCUT2D eigenvalue weighted by Crippen LogP contribution is -2.61. The summed E-state index contributed by atoms with van der Waals surface area (Å²) in [4.78, 5) is 6.34. The summed E-state index contributed by atoms with van der Waals surface area (Å²) in [6, 6.07) is 8.06. The lowest BCUT2D eigenvalue weighted by atomic mass is 9.80. The van der Waals surface area contributed by atoms with Crippen LogP contribution in [0.4, 0.5) is 0 Å². The van der Waals surface area contributed by atoms with Crippen molar-refractivity contribution in [2.45, 2.75) is 77.7 Å². The summed E-state index contributed by atoms with van der Waals surface area (Å²) in [5, 5.41) is 12.2. The van der Waals surface area contributed by atoms with Gasteiger partial charge < -0.3 is 9.84 Å². The van der Waals surface area contributed by atoms with E-state index in [9.17, 15) is 5.11 Å². The third-order valence-corrected chi connectivity index (χ3v) is 4.49. The second kappa shape index (κ2) is 6.80. The highest BCUT2D eigenvalue weighted by Gasteiger charge is 2.46. The average molecular weight is 321 g/mol. The Labute approximate surface area is 140 Å². The molecule has 1 unspecified atom stereocenters. The Morgan fingerprint density at radius 1 is 1.13 bits per heavy atom. The quantitative estimate of drug-likeness (QED) is 0.887. The van der Waals surface area contributed by atoms with Crippen LogP contribution in [-0.4, -0.2) is 34.0 Å². The molecule has 1 aromatic rings. The predicted molar refractivity (Wildman–Crippen MR) is 92.3 cm³/mol. The van der Waals surface area contributed by atoms with E-state index in [0.717, 1.165) is 11.3 Å². The Kier molecular flexibility index (Phi) is 5.39. The molecular weight excluding hydrogens is 290 g/mol. The van der Waals surface area contributed by atoms with Crippen LogP contribution in [-0.2, 0) is 4.84 Å². The van der Waals surface area contributed by atoms with Crippen molar-refractivity contribution >= 4 is 0 Å². The molecule has 1 saturated heterocycles. The number of rotatable bonds is 5. The molecule has 0 aromatic heterocycles. The number of aliphatic hydroxyl groups is 1. The zero-order chi connectivity index (χ0) is 17.3. The average Bonchev–Trinajstić information content (AvgIpc) is 2.42. The van der Waals surface area contributed by atoms with Crippen LogP contribution in [0.2, 0.25) is 0 Å². The Hall–Kier alpha value is -1.10. The minimum absolute atomic E-state index is 0.0560. The van der Waals surface area contributed by atoms with E-state index in [2.05, 4.69) is 51.8 Å². The summed E-state index contributed by atoms with van der Waals surface area (Å²) in [5.41, 5.74) is 0.702. The number of hydrogen-bond donors (Lipinski definition) is 1. The third kappa shape index (κ3) is 4.25. The molecule has 1 aliphatic heterocycles. The first-order chi connectivity index (χ1) is 10.7. The van der Waals surface area contributed by atoms with Crippen molar-refractivity contribution in [3.8, 4) is 5.75 Å². The molecule has 0 amide bonds. The largest absolute Gasteiger partial charge is 0.494 e. The molecule has 0 radical (unpaired) electrons. The van der Waals surface area contributed by atoms with Gasteiger partial charge in [-0.25, -0.2) is 0 Å². The molecule has 0 bridgehead atoms. The van der Waals surface area contributed by atoms with E-state index in [0.29, 0.717) is 19.4 Å². The molecule has 4 nitrogen and oxygen atoms in total. The van der Waals surface area contributed by atoms with Crippen molar-refractivity contribution in [2.75, 3.05) is 6.61 Å². The highest BCUT2D eigenvalue weighted by atomic mass is 16.7. The maximum Gasteiger partial charge on any atom is 0.119 e. The number of hydroxylamine groups is 2. The summed E-state index contributed by atoms with van der Waals surface area (Å²) in [6.07, 6.45) is 1.10. The van der Waals surface area contributed by atoms with Gasteiger partial charge in [0.15, 0.2) is 0 Å². The Balaban J connectivity index is 2.12. The van der Waals surface area contributed by atoms with Crippen molar-refractivity contribution in [1.82, 2.24) is 5.06 Å². The summed E-state index contributed by atoms with van der Waals surface area (Å²) < 4.78 is 5.49. The van der Waals surface area contributed by atoms with Crippen molar-refractivity contribution in [2.24, 2.45) is 0 Å². The van der Waals surface area contributed by atoms with Crippen LogP contribution in [0.15, 0.2) is 24.3 Å². The van der Waals surface area contributed by atoms with Gasteiger partial charge in [0.05, 0.1) is 12.7 Å². The molecule has 0 spiro atoms. The number of aliphatic hydroxyl groups excluding tert-OH is 1. The highest BCUT2D eigenvalue weighted by Crippen LogP contribution is 2.40. The SMILES string of the molecule is CCOc1ccc(C(C)ON2C(C)(C)CC(O)CC2(C)C)cc1. The first-order valence-corrected chi connectivity index (χ1v) is 8.53. The van der Waals surface area contributed by atoms with E-state index in [1.165, 1.54) is 0 Å². The molecule has 1 heterocycles. The molecule has 0 saturated carbocycles. The van der Waals surface area contributed by atoms with Gasteiger partial charge in [0.1, 0.15) is 11.9 Å². The van der Waals surface area contributed by atoms with Gasteiger partial charge in [-0.15, -0.1) is 0 Å². The topological polar surface area (TPSA) is 41.9 Å². The van der Waals surface area contributed by atoms with Crippen molar-refractivity contribution in [1.29, 1.82) is 0 Å². The highest BCUT2D eigenvalue weighted by molar-refractivity contribution is 5.28. The van der Waals surface area contributed by atoms with E-state index in [1.807, 2.05) is 19.1 Å². The van der Waals surface area contributed by atoms with Crippen LogP contribution in [0, 0.1) is 0 Å². The molecule has 1 N–H and O–H groups in total. The number of nitrogens with zero attached hydrogens (tertiary/aromatic N) is 1. The van der Waals surface area contributed by atoms with Gasteiger partial charge >= 0.3 is 0 Å². The normalized spacial score (nSPS) is 22.7. The van der Waals surface area contributed by atoms with E-state index in [1.54, 1.807) is 0 Å².